The van der Waals surface area contributed by atoms with Crippen LogP contribution in [-0.4, -0.2) is 20.6 Å². The standard InChI is InChI=1S/C20H17ClN4O2S/c1-12-10-17(24-27-12)23-19(26)18(13-6-4-3-5-7-13)28-20-22-15-11-14(21)8-9-16(15)25(20)2/h3-11,18H,1-2H3,(H,23,24,26)/t18-/m0/s1. The first kappa shape index (κ1) is 18.6. The van der Waals surface area contributed by atoms with Gasteiger partial charge in [0.05, 0.1) is 11.0 Å². The average molecular weight is 413 g/mol. The molecule has 4 rings (SSSR count). The fourth-order valence-corrected chi connectivity index (χ4v) is 4.12. The van der Waals surface area contributed by atoms with E-state index >= 15 is 0 Å². The van der Waals surface area contributed by atoms with Crippen molar-refractivity contribution in [3.05, 3.63) is 70.9 Å². The second-order valence-corrected chi connectivity index (χ2v) is 7.82. The summed E-state index contributed by atoms with van der Waals surface area (Å²) in [6.45, 7) is 1.77. The Bertz CT molecular complexity index is 1140. The van der Waals surface area contributed by atoms with Crippen LogP contribution in [-0.2, 0) is 11.8 Å². The first-order valence-corrected chi connectivity index (χ1v) is 9.85. The minimum Gasteiger partial charge on any atom is -0.360 e. The van der Waals surface area contributed by atoms with Crippen LogP contribution in [0.3, 0.4) is 0 Å². The molecule has 1 atom stereocenters. The molecule has 28 heavy (non-hydrogen) atoms. The molecule has 0 fully saturated rings. The number of nitrogens with zero attached hydrogens (tertiary/aromatic N) is 3. The molecule has 142 valence electrons. The number of hydrogen-bond donors (Lipinski definition) is 1. The summed E-state index contributed by atoms with van der Waals surface area (Å²) in [4.78, 5) is 17.7. The highest BCUT2D eigenvalue weighted by molar-refractivity contribution is 8.00. The molecule has 1 N–H and O–H groups in total. The molecule has 0 bridgehead atoms. The molecule has 0 aliphatic rings. The van der Waals surface area contributed by atoms with E-state index in [-0.39, 0.29) is 5.91 Å². The lowest BCUT2D eigenvalue weighted by atomic mass is 10.1. The van der Waals surface area contributed by atoms with Crippen molar-refractivity contribution < 1.29 is 9.32 Å². The topological polar surface area (TPSA) is 73.0 Å². The van der Waals surface area contributed by atoms with Crippen molar-refractivity contribution >= 4 is 46.1 Å². The van der Waals surface area contributed by atoms with Crippen LogP contribution in [0.2, 0.25) is 5.02 Å². The highest BCUT2D eigenvalue weighted by atomic mass is 35.5. The van der Waals surface area contributed by atoms with E-state index in [4.69, 9.17) is 16.1 Å². The number of hydrogen-bond acceptors (Lipinski definition) is 5. The van der Waals surface area contributed by atoms with Crippen molar-refractivity contribution in [3.63, 3.8) is 0 Å². The maximum absolute atomic E-state index is 13.0. The van der Waals surface area contributed by atoms with Gasteiger partial charge in [0.2, 0.25) is 5.91 Å². The third-order valence-electron chi connectivity index (χ3n) is 4.24. The lowest BCUT2D eigenvalue weighted by Gasteiger charge is -2.15. The second-order valence-electron chi connectivity index (χ2n) is 6.31. The van der Waals surface area contributed by atoms with Crippen molar-refractivity contribution in [1.29, 1.82) is 0 Å². The van der Waals surface area contributed by atoms with Gasteiger partial charge in [-0.05, 0) is 30.7 Å². The summed E-state index contributed by atoms with van der Waals surface area (Å²) in [5, 5.41) is 7.51. The number of halogens is 1. The molecule has 0 saturated heterocycles. The summed E-state index contributed by atoms with van der Waals surface area (Å²) < 4.78 is 7.00. The van der Waals surface area contributed by atoms with Crippen LogP contribution < -0.4 is 5.32 Å². The van der Waals surface area contributed by atoms with Gasteiger partial charge in [0.25, 0.3) is 0 Å². The van der Waals surface area contributed by atoms with Gasteiger partial charge in [0.15, 0.2) is 11.0 Å². The highest BCUT2D eigenvalue weighted by Gasteiger charge is 2.25. The normalized spacial score (nSPS) is 12.2. The number of imidazole rings is 1. The van der Waals surface area contributed by atoms with Gasteiger partial charge >= 0.3 is 0 Å². The number of amides is 1. The molecular formula is C20H17ClN4O2S. The molecule has 0 radical (unpaired) electrons. The molecular weight excluding hydrogens is 396 g/mol. The van der Waals surface area contributed by atoms with Crippen molar-refractivity contribution in [3.8, 4) is 0 Å². The van der Waals surface area contributed by atoms with E-state index in [1.54, 1.807) is 13.0 Å². The van der Waals surface area contributed by atoms with Crippen LogP contribution in [0.4, 0.5) is 5.82 Å². The highest BCUT2D eigenvalue weighted by Crippen LogP contribution is 2.37. The van der Waals surface area contributed by atoms with E-state index in [2.05, 4.69) is 15.5 Å². The van der Waals surface area contributed by atoms with Crippen molar-refractivity contribution in [2.24, 2.45) is 7.05 Å². The third kappa shape index (κ3) is 3.76. The maximum atomic E-state index is 13.0. The molecule has 0 aliphatic carbocycles. The summed E-state index contributed by atoms with van der Waals surface area (Å²) in [6, 6.07) is 16.8. The van der Waals surface area contributed by atoms with Gasteiger partial charge in [-0.1, -0.05) is 58.9 Å². The Kier molecular flexibility index (Phi) is 5.11. The lowest BCUT2D eigenvalue weighted by Crippen LogP contribution is -2.19. The van der Waals surface area contributed by atoms with Crippen LogP contribution in [0.25, 0.3) is 11.0 Å². The van der Waals surface area contributed by atoms with Crippen molar-refractivity contribution in [2.45, 2.75) is 17.3 Å². The van der Waals surface area contributed by atoms with Crippen LogP contribution in [0.5, 0.6) is 0 Å². The molecule has 0 saturated carbocycles. The number of thioether (sulfide) groups is 1. The number of benzene rings is 2. The van der Waals surface area contributed by atoms with Gasteiger partial charge in [-0.15, -0.1) is 0 Å². The Morgan fingerprint density at radius 2 is 2.00 bits per heavy atom. The Hall–Kier alpha value is -2.77. The maximum Gasteiger partial charge on any atom is 0.243 e. The van der Waals surface area contributed by atoms with E-state index in [0.717, 1.165) is 21.8 Å². The van der Waals surface area contributed by atoms with E-state index in [9.17, 15) is 4.79 Å². The number of anilines is 1. The van der Waals surface area contributed by atoms with E-state index < -0.39 is 5.25 Å². The number of rotatable bonds is 5. The zero-order valence-electron chi connectivity index (χ0n) is 15.2. The minimum atomic E-state index is -0.510. The Morgan fingerprint density at radius 1 is 1.21 bits per heavy atom. The van der Waals surface area contributed by atoms with Gasteiger partial charge < -0.3 is 14.4 Å². The zero-order valence-corrected chi connectivity index (χ0v) is 16.8. The second kappa shape index (κ2) is 7.69. The summed E-state index contributed by atoms with van der Waals surface area (Å²) >= 11 is 7.46. The van der Waals surface area contributed by atoms with Crippen LogP contribution in [0.1, 0.15) is 16.6 Å². The molecule has 4 aromatic rings. The molecule has 0 unspecified atom stereocenters. The number of fused-ring (bicyclic) bond motifs is 1. The quantitative estimate of drug-likeness (QED) is 0.467. The Morgan fingerprint density at radius 3 is 2.71 bits per heavy atom. The zero-order chi connectivity index (χ0) is 19.7. The predicted molar refractivity (Wildman–Crippen MR) is 111 cm³/mol. The van der Waals surface area contributed by atoms with Gasteiger partial charge in [0, 0.05) is 18.1 Å². The first-order valence-electron chi connectivity index (χ1n) is 8.59. The number of nitrogens with one attached hydrogen (secondary N) is 1. The van der Waals surface area contributed by atoms with Crippen molar-refractivity contribution in [1.82, 2.24) is 14.7 Å². The average Bonchev–Trinajstić information content (AvgIpc) is 3.22. The van der Waals surface area contributed by atoms with Gasteiger partial charge in [-0.3, -0.25) is 4.79 Å². The SMILES string of the molecule is Cc1cc(NC(=O)[C@@H](Sc2nc3cc(Cl)ccc3n2C)c2ccccc2)no1. The number of carbonyl (C=O) groups is 1. The molecule has 2 heterocycles. The number of aryl methyl sites for hydroxylation is 2. The lowest BCUT2D eigenvalue weighted by molar-refractivity contribution is -0.115. The molecule has 8 heteroatoms. The third-order valence-corrected chi connectivity index (χ3v) is 5.78. The van der Waals surface area contributed by atoms with Crippen LogP contribution >= 0.6 is 23.4 Å². The molecule has 6 nitrogen and oxygen atoms in total. The molecule has 2 aromatic heterocycles. The molecule has 2 aromatic carbocycles. The largest absolute Gasteiger partial charge is 0.360 e. The summed E-state index contributed by atoms with van der Waals surface area (Å²) in [6.07, 6.45) is 0. The summed E-state index contributed by atoms with van der Waals surface area (Å²) in [7, 11) is 1.92. The number of carbonyl (C=O) groups excluding carboxylic acids is 1. The Labute approximate surface area is 170 Å². The first-order chi connectivity index (χ1) is 13.5. The van der Waals surface area contributed by atoms with E-state index in [1.165, 1.54) is 11.8 Å². The Balaban J connectivity index is 1.68. The van der Waals surface area contributed by atoms with Crippen LogP contribution in [0, 0.1) is 6.92 Å². The number of aromatic nitrogens is 3. The monoisotopic (exact) mass is 412 g/mol. The smallest absolute Gasteiger partial charge is 0.243 e. The summed E-state index contributed by atoms with van der Waals surface area (Å²) in [5.74, 6) is 0.821. The van der Waals surface area contributed by atoms with Gasteiger partial charge in [-0.25, -0.2) is 4.98 Å². The molecule has 0 aliphatic heterocycles. The van der Waals surface area contributed by atoms with Gasteiger partial charge in [-0.2, -0.15) is 0 Å². The fourth-order valence-electron chi connectivity index (χ4n) is 2.88. The predicted octanol–water partition coefficient (Wildman–Crippen LogP) is 5.00. The van der Waals surface area contributed by atoms with E-state index in [1.807, 2.05) is 60.1 Å². The molecule has 1 amide bonds. The van der Waals surface area contributed by atoms with Gasteiger partial charge in [0.1, 0.15) is 11.0 Å². The summed E-state index contributed by atoms with van der Waals surface area (Å²) in [5.41, 5.74) is 2.61. The van der Waals surface area contributed by atoms with Crippen molar-refractivity contribution in [2.75, 3.05) is 5.32 Å². The fraction of sp³-hybridized carbons (Fsp3) is 0.150. The van der Waals surface area contributed by atoms with Crippen LogP contribution in [0.15, 0.2) is 64.3 Å². The minimum absolute atomic E-state index is 0.199. The van der Waals surface area contributed by atoms with E-state index in [0.29, 0.717) is 16.6 Å². The molecule has 0 spiro atoms.